The molecule has 0 atom stereocenters. The Kier molecular flexibility index (Phi) is 3.99. The zero-order valence-corrected chi connectivity index (χ0v) is 11.2. The Morgan fingerprint density at radius 3 is 2.56 bits per heavy atom. The molecule has 0 bridgehead atoms. The van der Waals surface area contributed by atoms with Gasteiger partial charge in [0.1, 0.15) is 12.4 Å². The van der Waals surface area contributed by atoms with Crippen LogP contribution in [0.2, 0.25) is 0 Å². The van der Waals surface area contributed by atoms with E-state index in [0.717, 1.165) is 5.56 Å². The molecule has 2 N–H and O–H groups in total. The number of benzene rings is 2. The van der Waals surface area contributed by atoms with Crippen LogP contribution in [-0.2, 0) is 6.61 Å². The summed E-state index contributed by atoms with van der Waals surface area (Å²) in [7, 11) is 0. The fraction of sp³-hybridized carbons (Fsp3) is 0.0714. The number of nitrogens with two attached hydrogens (primary N) is 1. The topological polar surface area (TPSA) is 52.3 Å². The van der Waals surface area contributed by atoms with Crippen LogP contribution in [0.15, 0.2) is 53.0 Å². The maximum atomic E-state index is 11.2. The van der Waals surface area contributed by atoms with Crippen LogP contribution in [0.4, 0.5) is 0 Å². The second-order valence-electron chi connectivity index (χ2n) is 3.78. The van der Waals surface area contributed by atoms with Gasteiger partial charge in [-0.15, -0.1) is 0 Å². The molecule has 0 spiro atoms. The van der Waals surface area contributed by atoms with Crippen molar-refractivity contribution >= 4 is 21.8 Å². The Bertz CT molecular complexity index is 555. The van der Waals surface area contributed by atoms with Crippen LogP contribution >= 0.6 is 15.9 Å². The molecule has 0 aliphatic heterocycles. The molecule has 92 valence electrons. The van der Waals surface area contributed by atoms with Gasteiger partial charge in [0.15, 0.2) is 0 Å². The highest BCUT2D eigenvalue weighted by molar-refractivity contribution is 9.10. The zero-order chi connectivity index (χ0) is 13.0. The standard InChI is InChI=1S/C14H12BrNO2/c15-13-7-6-11(8-12(13)14(16)17)18-9-10-4-2-1-3-5-10/h1-8H,9H2,(H2,16,17). The number of amides is 1. The molecule has 0 aromatic heterocycles. The normalized spacial score (nSPS) is 10.1. The van der Waals surface area contributed by atoms with E-state index in [1.807, 2.05) is 30.3 Å². The highest BCUT2D eigenvalue weighted by Crippen LogP contribution is 2.22. The van der Waals surface area contributed by atoms with E-state index >= 15 is 0 Å². The van der Waals surface area contributed by atoms with Crippen LogP contribution in [0.1, 0.15) is 15.9 Å². The predicted octanol–water partition coefficient (Wildman–Crippen LogP) is 3.13. The largest absolute Gasteiger partial charge is 0.489 e. The maximum Gasteiger partial charge on any atom is 0.249 e. The van der Waals surface area contributed by atoms with Gasteiger partial charge in [0.05, 0.1) is 5.56 Å². The minimum absolute atomic E-state index is 0.417. The first-order valence-corrected chi connectivity index (χ1v) is 6.22. The Morgan fingerprint density at radius 1 is 1.17 bits per heavy atom. The van der Waals surface area contributed by atoms with Crippen molar-refractivity contribution in [2.45, 2.75) is 6.61 Å². The second-order valence-corrected chi connectivity index (χ2v) is 4.63. The van der Waals surface area contributed by atoms with Crippen LogP contribution in [0.25, 0.3) is 0 Å². The lowest BCUT2D eigenvalue weighted by atomic mass is 10.2. The summed E-state index contributed by atoms with van der Waals surface area (Å²) in [6.07, 6.45) is 0. The minimum atomic E-state index is -0.480. The molecule has 2 rings (SSSR count). The summed E-state index contributed by atoms with van der Waals surface area (Å²) in [5.74, 6) is 0.142. The Morgan fingerprint density at radius 2 is 1.89 bits per heavy atom. The maximum absolute atomic E-state index is 11.2. The highest BCUT2D eigenvalue weighted by atomic mass is 79.9. The summed E-state index contributed by atoms with van der Waals surface area (Å²) in [6, 6.07) is 15.0. The van der Waals surface area contributed by atoms with Crippen molar-refractivity contribution in [3.63, 3.8) is 0 Å². The van der Waals surface area contributed by atoms with E-state index in [1.165, 1.54) is 0 Å². The Hall–Kier alpha value is -1.81. The van der Waals surface area contributed by atoms with E-state index in [4.69, 9.17) is 10.5 Å². The first-order valence-electron chi connectivity index (χ1n) is 5.43. The lowest BCUT2D eigenvalue weighted by Crippen LogP contribution is -2.11. The molecule has 0 aliphatic carbocycles. The molecule has 2 aromatic carbocycles. The summed E-state index contributed by atoms with van der Waals surface area (Å²) in [5, 5.41) is 0. The number of ether oxygens (including phenoxy) is 1. The van der Waals surface area contributed by atoms with Crippen LogP contribution in [0, 0.1) is 0 Å². The molecule has 0 radical (unpaired) electrons. The van der Waals surface area contributed by atoms with Gasteiger partial charge in [-0.05, 0) is 39.7 Å². The van der Waals surface area contributed by atoms with Gasteiger partial charge in [-0.2, -0.15) is 0 Å². The van der Waals surface area contributed by atoms with E-state index in [-0.39, 0.29) is 0 Å². The lowest BCUT2D eigenvalue weighted by Gasteiger charge is -2.08. The van der Waals surface area contributed by atoms with Gasteiger partial charge >= 0.3 is 0 Å². The molecule has 0 aliphatic rings. The van der Waals surface area contributed by atoms with Crippen molar-refractivity contribution in [2.24, 2.45) is 5.73 Å². The second kappa shape index (κ2) is 5.69. The van der Waals surface area contributed by atoms with Crippen LogP contribution in [-0.4, -0.2) is 5.91 Å². The van der Waals surface area contributed by atoms with Gasteiger partial charge in [0.2, 0.25) is 5.91 Å². The van der Waals surface area contributed by atoms with Gasteiger partial charge in [0.25, 0.3) is 0 Å². The van der Waals surface area contributed by atoms with Crippen molar-refractivity contribution in [3.8, 4) is 5.75 Å². The van der Waals surface area contributed by atoms with Crippen molar-refractivity contribution in [1.82, 2.24) is 0 Å². The van der Waals surface area contributed by atoms with Crippen LogP contribution in [0.5, 0.6) is 5.75 Å². The first kappa shape index (κ1) is 12.6. The van der Waals surface area contributed by atoms with E-state index < -0.39 is 5.91 Å². The molecule has 1 amide bonds. The average Bonchev–Trinajstić information content (AvgIpc) is 2.38. The fourth-order valence-electron chi connectivity index (χ4n) is 1.52. The molecule has 0 fully saturated rings. The molecule has 3 nitrogen and oxygen atoms in total. The quantitative estimate of drug-likeness (QED) is 0.943. The van der Waals surface area contributed by atoms with Gasteiger partial charge in [0, 0.05) is 4.47 Å². The monoisotopic (exact) mass is 305 g/mol. The minimum Gasteiger partial charge on any atom is -0.489 e. The van der Waals surface area contributed by atoms with Gasteiger partial charge in [-0.25, -0.2) is 0 Å². The first-order chi connectivity index (χ1) is 8.66. The molecule has 0 heterocycles. The number of hydrogen-bond donors (Lipinski definition) is 1. The summed E-state index contributed by atoms with van der Waals surface area (Å²) >= 11 is 3.27. The SMILES string of the molecule is NC(=O)c1cc(OCc2ccccc2)ccc1Br. The zero-order valence-electron chi connectivity index (χ0n) is 9.60. The summed E-state index contributed by atoms with van der Waals surface area (Å²) < 4.78 is 6.28. The van der Waals surface area contributed by atoms with Gasteiger partial charge in [-0.1, -0.05) is 30.3 Å². The number of carbonyl (C=O) groups is 1. The van der Waals surface area contributed by atoms with Crippen LogP contribution < -0.4 is 10.5 Å². The third-order valence-corrected chi connectivity index (χ3v) is 3.14. The van der Waals surface area contributed by atoms with Gasteiger partial charge in [-0.3, -0.25) is 4.79 Å². The number of carbonyl (C=O) groups excluding carboxylic acids is 1. The van der Waals surface area contributed by atoms with Crippen LogP contribution in [0.3, 0.4) is 0 Å². The molecule has 2 aromatic rings. The molecule has 4 heteroatoms. The number of rotatable bonds is 4. The number of primary amides is 1. The van der Waals surface area contributed by atoms with E-state index in [1.54, 1.807) is 18.2 Å². The molecule has 0 saturated heterocycles. The van der Waals surface area contributed by atoms with E-state index in [2.05, 4.69) is 15.9 Å². The molecular formula is C14H12BrNO2. The van der Waals surface area contributed by atoms with Crippen molar-refractivity contribution < 1.29 is 9.53 Å². The number of halogens is 1. The molecule has 0 saturated carbocycles. The molecular weight excluding hydrogens is 294 g/mol. The third-order valence-electron chi connectivity index (χ3n) is 2.45. The van der Waals surface area contributed by atoms with Crippen molar-refractivity contribution in [2.75, 3.05) is 0 Å². The fourth-order valence-corrected chi connectivity index (χ4v) is 1.97. The summed E-state index contributed by atoms with van der Waals surface area (Å²) in [6.45, 7) is 0.459. The van der Waals surface area contributed by atoms with E-state index in [0.29, 0.717) is 22.4 Å². The summed E-state index contributed by atoms with van der Waals surface area (Å²) in [4.78, 5) is 11.2. The Labute approximate surface area is 114 Å². The third kappa shape index (κ3) is 3.11. The lowest BCUT2D eigenvalue weighted by molar-refractivity contribution is 0.0999. The highest BCUT2D eigenvalue weighted by Gasteiger charge is 2.07. The van der Waals surface area contributed by atoms with Crippen molar-refractivity contribution in [1.29, 1.82) is 0 Å². The Balaban J connectivity index is 2.11. The average molecular weight is 306 g/mol. The van der Waals surface area contributed by atoms with Crippen molar-refractivity contribution in [3.05, 3.63) is 64.1 Å². The van der Waals surface area contributed by atoms with Gasteiger partial charge < -0.3 is 10.5 Å². The smallest absolute Gasteiger partial charge is 0.249 e. The predicted molar refractivity (Wildman–Crippen MR) is 73.4 cm³/mol. The molecule has 0 unspecified atom stereocenters. The number of hydrogen-bond acceptors (Lipinski definition) is 2. The summed E-state index contributed by atoms with van der Waals surface area (Å²) in [5.41, 5.74) is 6.75. The van der Waals surface area contributed by atoms with E-state index in [9.17, 15) is 4.79 Å². The molecule has 18 heavy (non-hydrogen) atoms.